The van der Waals surface area contributed by atoms with E-state index in [9.17, 15) is 9.59 Å². The molecule has 1 heterocycles. The van der Waals surface area contributed by atoms with Crippen molar-refractivity contribution in [1.82, 2.24) is 15.1 Å². The van der Waals surface area contributed by atoms with Gasteiger partial charge in [0.25, 0.3) is 5.91 Å². The molecule has 2 atom stereocenters. The molecule has 1 aromatic carbocycles. The number of piperidine rings is 1. The molecular formula is C27H45N3O5. The van der Waals surface area contributed by atoms with Crippen LogP contribution in [-0.4, -0.2) is 86.3 Å². The van der Waals surface area contributed by atoms with Crippen molar-refractivity contribution in [3.8, 4) is 11.5 Å². The summed E-state index contributed by atoms with van der Waals surface area (Å²) in [5, 5.41) is 3.53. The van der Waals surface area contributed by atoms with Gasteiger partial charge in [-0.1, -0.05) is 0 Å². The standard InChI is InChI=1S/C27H45N3O5/c1-8-29(19(2)3)26(31)17-22-11-12-23(18-28-22)30(20(4)5)27(32)21-10-13-24(34-7)25(16-21)35-15-9-14-33-6/h10,13,16,19-20,22-23,28H,8-9,11-12,14-15,17-18H2,1-7H3/t22-,23?/m0/s1. The fourth-order valence-corrected chi connectivity index (χ4v) is 4.75. The molecule has 2 rings (SSSR count). The van der Waals surface area contributed by atoms with E-state index in [4.69, 9.17) is 14.2 Å². The van der Waals surface area contributed by atoms with Crippen molar-refractivity contribution < 1.29 is 23.8 Å². The molecule has 0 radical (unpaired) electrons. The van der Waals surface area contributed by atoms with E-state index in [1.807, 2.05) is 44.4 Å². The number of nitrogens with zero attached hydrogens (tertiary/aromatic N) is 2. The SMILES string of the molecule is CCN(C(=O)C[C@@H]1CCC(N(C(=O)c2ccc(OC)c(OCCCOC)c2)C(C)C)CN1)C(C)C. The third kappa shape index (κ3) is 8.10. The average molecular weight is 492 g/mol. The number of rotatable bonds is 13. The number of benzene rings is 1. The number of hydrogen-bond acceptors (Lipinski definition) is 6. The van der Waals surface area contributed by atoms with Crippen LogP contribution in [0.3, 0.4) is 0 Å². The third-order valence-electron chi connectivity index (χ3n) is 6.54. The molecular weight excluding hydrogens is 446 g/mol. The van der Waals surface area contributed by atoms with E-state index in [1.165, 1.54) is 0 Å². The Morgan fingerprint density at radius 2 is 1.80 bits per heavy atom. The van der Waals surface area contributed by atoms with Crippen LogP contribution in [0.25, 0.3) is 0 Å². The molecule has 1 unspecified atom stereocenters. The molecule has 1 fully saturated rings. The molecule has 1 aliphatic rings. The highest BCUT2D eigenvalue weighted by molar-refractivity contribution is 5.95. The van der Waals surface area contributed by atoms with Crippen molar-refractivity contribution >= 4 is 11.8 Å². The fourth-order valence-electron chi connectivity index (χ4n) is 4.75. The maximum Gasteiger partial charge on any atom is 0.254 e. The van der Waals surface area contributed by atoms with Crippen molar-refractivity contribution in [2.24, 2.45) is 0 Å². The summed E-state index contributed by atoms with van der Waals surface area (Å²) in [5.74, 6) is 1.32. The summed E-state index contributed by atoms with van der Waals surface area (Å²) in [5.41, 5.74) is 0.578. The third-order valence-corrected chi connectivity index (χ3v) is 6.54. The van der Waals surface area contributed by atoms with Gasteiger partial charge in [0.1, 0.15) is 0 Å². The summed E-state index contributed by atoms with van der Waals surface area (Å²) in [6, 6.07) is 5.80. The van der Waals surface area contributed by atoms with Crippen LogP contribution >= 0.6 is 0 Å². The van der Waals surface area contributed by atoms with Gasteiger partial charge in [-0.2, -0.15) is 0 Å². The molecule has 1 saturated heterocycles. The van der Waals surface area contributed by atoms with E-state index in [-0.39, 0.29) is 36.0 Å². The summed E-state index contributed by atoms with van der Waals surface area (Å²) in [7, 11) is 3.25. The van der Waals surface area contributed by atoms with E-state index < -0.39 is 0 Å². The first-order chi connectivity index (χ1) is 16.7. The van der Waals surface area contributed by atoms with Gasteiger partial charge in [-0.15, -0.1) is 0 Å². The number of amides is 2. The summed E-state index contributed by atoms with van der Waals surface area (Å²) < 4.78 is 16.4. The lowest BCUT2D eigenvalue weighted by molar-refractivity contribution is -0.133. The largest absolute Gasteiger partial charge is 0.493 e. The minimum Gasteiger partial charge on any atom is -0.493 e. The van der Waals surface area contributed by atoms with Gasteiger partial charge in [0.05, 0.1) is 13.7 Å². The lowest BCUT2D eigenvalue weighted by Crippen LogP contribution is -2.54. The van der Waals surface area contributed by atoms with Crippen molar-refractivity contribution in [2.45, 2.75) is 84.5 Å². The molecule has 8 nitrogen and oxygen atoms in total. The molecule has 1 aliphatic heterocycles. The number of carbonyl (C=O) groups is 2. The van der Waals surface area contributed by atoms with Crippen LogP contribution in [0.4, 0.5) is 0 Å². The molecule has 0 saturated carbocycles. The van der Waals surface area contributed by atoms with Gasteiger partial charge in [-0.3, -0.25) is 9.59 Å². The number of carbonyl (C=O) groups excluding carboxylic acids is 2. The van der Waals surface area contributed by atoms with Crippen LogP contribution < -0.4 is 14.8 Å². The molecule has 0 aliphatic carbocycles. The van der Waals surface area contributed by atoms with Gasteiger partial charge in [-0.05, 0) is 65.7 Å². The van der Waals surface area contributed by atoms with Crippen LogP contribution in [-0.2, 0) is 9.53 Å². The number of hydrogen-bond donors (Lipinski definition) is 1. The highest BCUT2D eigenvalue weighted by atomic mass is 16.5. The predicted octanol–water partition coefficient (Wildman–Crippen LogP) is 3.73. The van der Waals surface area contributed by atoms with Gasteiger partial charge in [0.15, 0.2) is 11.5 Å². The topological polar surface area (TPSA) is 80.3 Å². The molecule has 0 bridgehead atoms. The van der Waals surface area contributed by atoms with E-state index in [0.29, 0.717) is 43.2 Å². The zero-order valence-electron chi connectivity index (χ0n) is 22.6. The van der Waals surface area contributed by atoms with Crippen LogP contribution in [0.15, 0.2) is 18.2 Å². The van der Waals surface area contributed by atoms with Gasteiger partial charge in [0.2, 0.25) is 5.91 Å². The summed E-state index contributed by atoms with van der Waals surface area (Å²) in [6.07, 6.45) is 2.97. The first-order valence-corrected chi connectivity index (χ1v) is 12.9. The van der Waals surface area contributed by atoms with Crippen molar-refractivity contribution in [1.29, 1.82) is 0 Å². The summed E-state index contributed by atoms with van der Waals surface area (Å²) in [4.78, 5) is 30.2. The Bertz CT molecular complexity index is 806. The predicted molar refractivity (Wildman–Crippen MR) is 138 cm³/mol. The lowest BCUT2D eigenvalue weighted by atomic mass is 9.95. The summed E-state index contributed by atoms with van der Waals surface area (Å²) in [6.45, 7) is 12.7. The van der Waals surface area contributed by atoms with E-state index in [1.54, 1.807) is 32.4 Å². The number of ether oxygens (including phenoxy) is 3. The fraction of sp³-hybridized carbons (Fsp3) is 0.704. The Kier molecular flexibility index (Phi) is 11.8. The molecule has 8 heteroatoms. The average Bonchev–Trinajstić information content (AvgIpc) is 2.82. The Labute approximate surface area is 211 Å². The van der Waals surface area contributed by atoms with Crippen molar-refractivity contribution in [3.63, 3.8) is 0 Å². The minimum atomic E-state index is -0.0253. The van der Waals surface area contributed by atoms with Crippen LogP contribution in [0.1, 0.15) is 70.7 Å². The molecule has 0 aromatic heterocycles. The maximum atomic E-state index is 13.6. The normalized spacial score (nSPS) is 18.0. The van der Waals surface area contributed by atoms with Gasteiger partial charge < -0.3 is 29.3 Å². The lowest BCUT2D eigenvalue weighted by Gasteiger charge is -2.40. The molecule has 2 amide bonds. The van der Waals surface area contributed by atoms with E-state index in [2.05, 4.69) is 5.32 Å². The minimum absolute atomic E-state index is 0.0253. The second-order valence-electron chi connectivity index (χ2n) is 9.68. The van der Waals surface area contributed by atoms with Crippen LogP contribution in [0, 0.1) is 0 Å². The van der Waals surface area contributed by atoms with Gasteiger partial charge in [0, 0.05) is 69.4 Å². The molecule has 1 N–H and O–H groups in total. The Balaban J connectivity index is 2.06. The first-order valence-electron chi connectivity index (χ1n) is 12.9. The number of methoxy groups -OCH3 is 2. The van der Waals surface area contributed by atoms with Gasteiger partial charge >= 0.3 is 0 Å². The maximum absolute atomic E-state index is 13.6. The highest BCUT2D eigenvalue weighted by Crippen LogP contribution is 2.30. The Morgan fingerprint density at radius 1 is 1.06 bits per heavy atom. The van der Waals surface area contributed by atoms with E-state index in [0.717, 1.165) is 25.8 Å². The Morgan fingerprint density at radius 3 is 2.34 bits per heavy atom. The number of nitrogens with one attached hydrogen (secondary N) is 1. The zero-order chi connectivity index (χ0) is 26.0. The van der Waals surface area contributed by atoms with Crippen molar-refractivity contribution in [3.05, 3.63) is 23.8 Å². The molecule has 35 heavy (non-hydrogen) atoms. The summed E-state index contributed by atoms with van der Waals surface area (Å²) >= 11 is 0. The highest BCUT2D eigenvalue weighted by Gasteiger charge is 2.32. The first kappa shape index (κ1) is 28.9. The quantitative estimate of drug-likeness (QED) is 0.424. The monoisotopic (exact) mass is 491 g/mol. The second-order valence-corrected chi connectivity index (χ2v) is 9.68. The second kappa shape index (κ2) is 14.3. The van der Waals surface area contributed by atoms with E-state index >= 15 is 0 Å². The molecule has 198 valence electrons. The Hall–Kier alpha value is -2.32. The van der Waals surface area contributed by atoms with Crippen LogP contribution in [0.5, 0.6) is 11.5 Å². The zero-order valence-corrected chi connectivity index (χ0v) is 22.6. The van der Waals surface area contributed by atoms with Gasteiger partial charge in [-0.25, -0.2) is 0 Å². The smallest absolute Gasteiger partial charge is 0.254 e. The van der Waals surface area contributed by atoms with Crippen LogP contribution in [0.2, 0.25) is 0 Å². The van der Waals surface area contributed by atoms with Crippen molar-refractivity contribution in [2.75, 3.05) is 40.5 Å². The molecule has 0 spiro atoms. The molecule has 1 aromatic rings.